The number of ether oxygens (including phenoxy) is 2. The molecule has 5 nitrogen and oxygen atoms in total. The van der Waals surface area contributed by atoms with E-state index in [1.807, 2.05) is 0 Å². The minimum Gasteiger partial charge on any atom is -0.466 e. The lowest BCUT2D eigenvalue weighted by Gasteiger charge is -2.62. The summed E-state index contributed by atoms with van der Waals surface area (Å²) >= 11 is 0. The summed E-state index contributed by atoms with van der Waals surface area (Å²) in [5, 5.41) is 0. The highest BCUT2D eigenvalue weighted by molar-refractivity contribution is 5.70. The fourth-order valence-corrected chi connectivity index (χ4v) is 10.4. The van der Waals surface area contributed by atoms with E-state index in [9.17, 15) is 9.59 Å². The van der Waals surface area contributed by atoms with Gasteiger partial charge in [-0.05, 0) is 98.2 Å². The number of carbonyl (C=O) groups is 2. The lowest BCUT2D eigenvalue weighted by atomic mass is 9.44. The van der Waals surface area contributed by atoms with Crippen LogP contribution in [0.25, 0.3) is 0 Å². The molecule has 0 aromatic carbocycles. The second-order valence-corrected chi connectivity index (χ2v) is 14.8. The van der Waals surface area contributed by atoms with Crippen molar-refractivity contribution < 1.29 is 19.1 Å². The van der Waals surface area contributed by atoms with Crippen molar-refractivity contribution in [2.24, 2.45) is 52.1 Å². The zero-order chi connectivity index (χ0) is 28.8. The molecule has 7 unspecified atom stereocenters. The molecule has 230 valence electrons. The summed E-state index contributed by atoms with van der Waals surface area (Å²) in [6, 6.07) is 0. The minimum atomic E-state index is -0.0969. The van der Waals surface area contributed by atoms with Crippen LogP contribution in [0.2, 0.25) is 0 Å². The Morgan fingerprint density at radius 1 is 0.875 bits per heavy atom. The highest BCUT2D eigenvalue weighted by atomic mass is 16.5. The van der Waals surface area contributed by atoms with Crippen molar-refractivity contribution in [3.63, 3.8) is 0 Å². The molecular formula is C35H61NO4. The first-order valence-electron chi connectivity index (χ1n) is 17.3. The second-order valence-electron chi connectivity index (χ2n) is 14.8. The Labute approximate surface area is 245 Å². The molecule has 0 amide bonds. The monoisotopic (exact) mass is 559 g/mol. The average Bonchev–Trinajstić information content (AvgIpc) is 3.28. The summed E-state index contributed by atoms with van der Waals surface area (Å²) in [5.41, 5.74) is 6.38. The maximum absolute atomic E-state index is 12.7. The molecule has 2 N–H and O–H groups in total. The summed E-state index contributed by atoms with van der Waals surface area (Å²) < 4.78 is 11.9. The standard InChI is InChI=1S/C35H61NO4/c1-5-6-7-8-9-12-23-39-31(37)17-14-25(2)27-15-16-28-33-29(18-21-35(27,28)4)34(3)20-11-10-13-26(34)24-30(33)40-32(38)19-22-36/h25-30,33H,5-24,36H2,1-4H3/t25-,26?,27?,28?,29?,30-,33?,34?,35?/m1/s1. The molecule has 4 aliphatic rings. The Bertz CT molecular complexity index is 830. The maximum Gasteiger partial charge on any atom is 0.307 e. The number of nitrogens with two attached hydrogens (primary N) is 1. The van der Waals surface area contributed by atoms with Crippen molar-refractivity contribution in [3.8, 4) is 0 Å². The number of carbonyl (C=O) groups excluding carboxylic acids is 2. The van der Waals surface area contributed by atoms with E-state index < -0.39 is 0 Å². The lowest BCUT2D eigenvalue weighted by molar-refractivity contribution is -0.190. The predicted molar refractivity (Wildman–Crippen MR) is 162 cm³/mol. The van der Waals surface area contributed by atoms with Crippen LogP contribution in [0.4, 0.5) is 0 Å². The van der Waals surface area contributed by atoms with Gasteiger partial charge in [0.1, 0.15) is 6.10 Å². The van der Waals surface area contributed by atoms with Crippen molar-refractivity contribution in [1.82, 2.24) is 0 Å². The van der Waals surface area contributed by atoms with E-state index in [0.717, 1.165) is 25.7 Å². The van der Waals surface area contributed by atoms with Crippen molar-refractivity contribution in [2.45, 2.75) is 149 Å². The predicted octanol–water partition coefficient (Wildman–Crippen LogP) is 8.23. The molecule has 0 aromatic rings. The van der Waals surface area contributed by atoms with Gasteiger partial charge in [0.2, 0.25) is 0 Å². The van der Waals surface area contributed by atoms with Crippen LogP contribution in [0.3, 0.4) is 0 Å². The van der Waals surface area contributed by atoms with Gasteiger partial charge in [-0.25, -0.2) is 0 Å². The van der Waals surface area contributed by atoms with Crippen molar-refractivity contribution in [3.05, 3.63) is 0 Å². The lowest BCUT2D eigenvalue weighted by Crippen LogP contribution is -2.58. The van der Waals surface area contributed by atoms with E-state index in [1.165, 1.54) is 77.0 Å². The third-order valence-electron chi connectivity index (χ3n) is 12.5. The average molecular weight is 560 g/mol. The number of esters is 2. The fraction of sp³-hybridized carbons (Fsp3) is 0.943. The number of hydrogen-bond donors (Lipinski definition) is 1. The van der Waals surface area contributed by atoms with E-state index in [2.05, 4.69) is 27.7 Å². The quantitative estimate of drug-likeness (QED) is 0.171. The molecular weight excluding hydrogens is 498 g/mol. The minimum absolute atomic E-state index is 0.0146. The van der Waals surface area contributed by atoms with E-state index in [0.29, 0.717) is 66.9 Å². The molecule has 5 heteroatoms. The normalized spacial score (nSPS) is 37.6. The molecule has 4 fully saturated rings. The largest absolute Gasteiger partial charge is 0.466 e. The molecule has 4 rings (SSSR count). The third kappa shape index (κ3) is 6.92. The molecule has 0 aromatic heterocycles. The highest BCUT2D eigenvalue weighted by Crippen LogP contribution is 2.68. The summed E-state index contributed by atoms with van der Waals surface area (Å²) in [6.45, 7) is 10.7. The Hall–Kier alpha value is -1.10. The zero-order valence-corrected chi connectivity index (χ0v) is 26.4. The van der Waals surface area contributed by atoms with Crippen LogP contribution in [0.15, 0.2) is 0 Å². The smallest absolute Gasteiger partial charge is 0.307 e. The SMILES string of the molecule is CCCCCCCCOC(=O)CC[C@@H](C)C1CCC2C3C(CCC21C)C1(C)CCCCC1C[C@H]3OC(=O)CCN. The molecule has 0 radical (unpaired) electrons. The van der Waals surface area contributed by atoms with Gasteiger partial charge in [0.25, 0.3) is 0 Å². The van der Waals surface area contributed by atoms with Crippen LogP contribution in [-0.2, 0) is 19.1 Å². The first-order valence-corrected chi connectivity index (χ1v) is 17.3. The summed E-state index contributed by atoms with van der Waals surface area (Å²) in [7, 11) is 0. The van der Waals surface area contributed by atoms with Gasteiger partial charge in [-0.1, -0.05) is 72.6 Å². The van der Waals surface area contributed by atoms with Gasteiger partial charge in [-0.3, -0.25) is 9.59 Å². The highest BCUT2D eigenvalue weighted by Gasteiger charge is 2.63. The molecule has 4 saturated carbocycles. The number of unbranched alkanes of at least 4 members (excludes halogenated alkanes) is 5. The number of fused-ring (bicyclic) bond motifs is 5. The van der Waals surface area contributed by atoms with Crippen LogP contribution in [0.1, 0.15) is 143 Å². The topological polar surface area (TPSA) is 78.6 Å². The van der Waals surface area contributed by atoms with Crippen LogP contribution >= 0.6 is 0 Å². The molecule has 0 saturated heterocycles. The van der Waals surface area contributed by atoms with Crippen LogP contribution in [-0.4, -0.2) is 31.2 Å². The van der Waals surface area contributed by atoms with Crippen molar-refractivity contribution in [2.75, 3.05) is 13.2 Å². The summed E-state index contributed by atoms with van der Waals surface area (Å²) in [5.74, 6) is 3.44. The van der Waals surface area contributed by atoms with Gasteiger partial charge < -0.3 is 15.2 Å². The van der Waals surface area contributed by atoms with Crippen LogP contribution in [0, 0.1) is 46.3 Å². The Kier molecular flexibility index (Phi) is 11.4. The van der Waals surface area contributed by atoms with Gasteiger partial charge in [0, 0.05) is 18.9 Å². The number of hydrogen-bond acceptors (Lipinski definition) is 5. The van der Waals surface area contributed by atoms with Gasteiger partial charge in [0.05, 0.1) is 13.0 Å². The number of rotatable bonds is 14. The molecule has 40 heavy (non-hydrogen) atoms. The summed E-state index contributed by atoms with van der Waals surface area (Å²) in [6.07, 6.45) is 20.5. The van der Waals surface area contributed by atoms with E-state index in [1.54, 1.807) is 0 Å². The van der Waals surface area contributed by atoms with Crippen LogP contribution < -0.4 is 5.73 Å². The Balaban J connectivity index is 1.36. The fourth-order valence-electron chi connectivity index (χ4n) is 10.4. The van der Waals surface area contributed by atoms with Gasteiger partial charge in [-0.15, -0.1) is 0 Å². The van der Waals surface area contributed by atoms with E-state index in [-0.39, 0.29) is 23.5 Å². The Morgan fingerprint density at radius 2 is 1.62 bits per heavy atom. The van der Waals surface area contributed by atoms with Gasteiger partial charge in [0.15, 0.2) is 0 Å². The van der Waals surface area contributed by atoms with E-state index in [4.69, 9.17) is 15.2 Å². The molecule has 0 heterocycles. The van der Waals surface area contributed by atoms with E-state index >= 15 is 0 Å². The molecule has 0 spiro atoms. The van der Waals surface area contributed by atoms with Gasteiger partial charge >= 0.3 is 11.9 Å². The third-order valence-corrected chi connectivity index (χ3v) is 12.5. The zero-order valence-electron chi connectivity index (χ0n) is 26.4. The maximum atomic E-state index is 12.7. The van der Waals surface area contributed by atoms with Crippen molar-refractivity contribution in [1.29, 1.82) is 0 Å². The second kappa shape index (κ2) is 14.4. The molecule has 0 bridgehead atoms. The molecule has 0 aliphatic heterocycles. The molecule has 9 atom stereocenters. The summed E-state index contributed by atoms with van der Waals surface area (Å²) in [4.78, 5) is 25.3. The first kappa shape index (κ1) is 31.8. The van der Waals surface area contributed by atoms with Crippen LogP contribution in [0.5, 0.6) is 0 Å². The first-order chi connectivity index (χ1) is 19.2. The molecule has 4 aliphatic carbocycles. The Morgan fingerprint density at radius 3 is 2.40 bits per heavy atom. The van der Waals surface area contributed by atoms with Crippen molar-refractivity contribution >= 4 is 11.9 Å². The van der Waals surface area contributed by atoms with Gasteiger partial charge in [-0.2, -0.15) is 0 Å².